The Balaban J connectivity index is 1.63. The van der Waals surface area contributed by atoms with Crippen LogP contribution in [0.25, 0.3) is 10.9 Å². The third-order valence-corrected chi connectivity index (χ3v) is 4.51. The fourth-order valence-corrected chi connectivity index (χ4v) is 3.23. The number of rotatable bonds is 5. The van der Waals surface area contributed by atoms with Gasteiger partial charge in [-0.15, -0.1) is 0 Å². The Bertz CT molecular complexity index is 886. The summed E-state index contributed by atoms with van der Waals surface area (Å²) in [5, 5.41) is 5.35. The number of fused-ring (bicyclic) bond motifs is 1. The van der Waals surface area contributed by atoms with E-state index < -0.39 is 0 Å². The number of amides is 1. The van der Waals surface area contributed by atoms with Gasteiger partial charge in [0.05, 0.1) is 6.42 Å². The Morgan fingerprint density at radius 2 is 1.92 bits per heavy atom. The van der Waals surface area contributed by atoms with E-state index in [1.54, 1.807) is 0 Å². The molecule has 3 nitrogen and oxygen atoms in total. The highest BCUT2D eigenvalue weighted by molar-refractivity contribution is 6.31. The van der Waals surface area contributed by atoms with Gasteiger partial charge in [0.25, 0.3) is 0 Å². The van der Waals surface area contributed by atoms with E-state index in [1.807, 2.05) is 49.4 Å². The molecule has 1 aromatic heterocycles. The van der Waals surface area contributed by atoms with Crippen LogP contribution in [0.1, 0.15) is 16.8 Å². The number of halogens is 2. The monoisotopic (exact) mass is 360 g/mol. The van der Waals surface area contributed by atoms with Gasteiger partial charge in [0.2, 0.25) is 5.91 Å². The first-order valence-electron chi connectivity index (χ1n) is 7.81. The maximum absolute atomic E-state index is 12.3. The number of H-pyrrole nitrogens is 1. The van der Waals surface area contributed by atoms with E-state index in [0.717, 1.165) is 34.1 Å². The van der Waals surface area contributed by atoms with Crippen molar-refractivity contribution < 1.29 is 4.79 Å². The molecule has 0 saturated heterocycles. The summed E-state index contributed by atoms with van der Waals surface area (Å²) in [6.45, 7) is 2.56. The predicted octanol–water partition coefficient (Wildman–Crippen LogP) is 4.68. The summed E-state index contributed by atoms with van der Waals surface area (Å²) in [5.41, 5.74) is 4.10. The van der Waals surface area contributed by atoms with E-state index in [2.05, 4.69) is 10.3 Å². The quantitative estimate of drug-likeness (QED) is 0.681. The fraction of sp³-hybridized carbons (Fsp3) is 0.211. The van der Waals surface area contributed by atoms with Crippen LogP contribution in [0.2, 0.25) is 10.0 Å². The normalized spacial score (nSPS) is 11.0. The standard InChI is InChI=1S/C19H18Cl2N2O/c1-12-16(17-10-15(21)5-6-18(17)23-12)11-19(24)22-8-7-13-3-2-4-14(20)9-13/h2-6,9-10,23H,7-8,11H2,1H3,(H,22,24). The number of nitrogens with one attached hydrogen (secondary N) is 2. The van der Waals surface area contributed by atoms with Gasteiger partial charge in [0.1, 0.15) is 0 Å². The Kier molecular flexibility index (Phi) is 5.12. The molecule has 2 aromatic carbocycles. The van der Waals surface area contributed by atoms with Crippen LogP contribution < -0.4 is 5.32 Å². The van der Waals surface area contributed by atoms with Crippen molar-refractivity contribution in [1.29, 1.82) is 0 Å². The summed E-state index contributed by atoms with van der Waals surface area (Å²) in [5.74, 6) is 0.000929. The Morgan fingerprint density at radius 3 is 2.71 bits per heavy atom. The number of carbonyl (C=O) groups excluding carboxylic acids is 1. The first kappa shape index (κ1) is 16.9. The van der Waals surface area contributed by atoms with Gasteiger partial charge < -0.3 is 10.3 Å². The minimum absolute atomic E-state index is 0.000929. The van der Waals surface area contributed by atoms with Crippen LogP contribution in [0.5, 0.6) is 0 Å². The molecule has 0 atom stereocenters. The highest BCUT2D eigenvalue weighted by Crippen LogP contribution is 2.25. The van der Waals surface area contributed by atoms with E-state index >= 15 is 0 Å². The van der Waals surface area contributed by atoms with Crippen LogP contribution in [-0.4, -0.2) is 17.4 Å². The lowest BCUT2D eigenvalue weighted by atomic mass is 10.1. The van der Waals surface area contributed by atoms with Gasteiger partial charge in [0.15, 0.2) is 0 Å². The van der Waals surface area contributed by atoms with Crippen molar-refractivity contribution in [3.05, 3.63) is 69.3 Å². The molecule has 0 fully saturated rings. The van der Waals surface area contributed by atoms with Crippen molar-refractivity contribution in [3.8, 4) is 0 Å². The number of hydrogen-bond donors (Lipinski definition) is 2. The lowest BCUT2D eigenvalue weighted by molar-refractivity contribution is -0.120. The highest BCUT2D eigenvalue weighted by Gasteiger charge is 2.12. The van der Waals surface area contributed by atoms with Crippen molar-refractivity contribution in [3.63, 3.8) is 0 Å². The Morgan fingerprint density at radius 1 is 1.12 bits per heavy atom. The molecule has 24 heavy (non-hydrogen) atoms. The molecule has 1 heterocycles. The molecular weight excluding hydrogens is 343 g/mol. The molecule has 0 aliphatic heterocycles. The second kappa shape index (κ2) is 7.29. The van der Waals surface area contributed by atoms with E-state index in [9.17, 15) is 4.79 Å². The molecular formula is C19H18Cl2N2O. The topological polar surface area (TPSA) is 44.9 Å². The summed E-state index contributed by atoms with van der Waals surface area (Å²) < 4.78 is 0. The highest BCUT2D eigenvalue weighted by atomic mass is 35.5. The zero-order valence-corrected chi connectivity index (χ0v) is 14.8. The van der Waals surface area contributed by atoms with Crippen LogP contribution in [0, 0.1) is 6.92 Å². The fourth-order valence-electron chi connectivity index (χ4n) is 2.84. The minimum Gasteiger partial charge on any atom is -0.358 e. The molecule has 2 N–H and O–H groups in total. The van der Waals surface area contributed by atoms with Crippen LogP contribution in [0.4, 0.5) is 0 Å². The summed E-state index contributed by atoms with van der Waals surface area (Å²) in [4.78, 5) is 15.6. The summed E-state index contributed by atoms with van der Waals surface area (Å²) in [7, 11) is 0. The average molecular weight is 361 g/mol. The van der Waals surface area contributed by atoms with Gasteiger partial charge in [0, 0.05) is 33.2 Å². The molecule has 124 valence electrons. The SMILES string of the molecule is Cc1[nH]c2ccc(Cl)cc2c1CC(=O)NCCc1cccc(Cl)c1. The van der Waals surface area contributed by atoms with Crippen molar-refractivity contribution in [1.82, 2.24) is 10.3 Å². The largest absolute Gasteiger partial charge is 0.358 e. The zero-order valence-electron chi connectivity index (χ0n) is 13.3. The first-order chi connectivity index (χ1) is 11.5. The molecule has 0 aliphatic carbocycles. The smallest absolute Gasteiger partial charge is 0.224 e. The van der Waals surface area contributed by atoms with E-state index in [4.69, 9.17) is 23.2 Å². The minimum atomic E-state index is 0.000929. The second-order valence-electron chi connectivity index (χ2n) is 5.83. The number of benzene rings is 2. The molecule has 3 rings (SSSR count). The van der Waals surface area contributed by atoms with Gasteiger partial charge in [-0.1, -0.05) is 35.3 Å². The van der Waals surface area contributed by atoms with Crippen molar-refractivity contribution in [2.24, 2.45) is 0 Å². The molecule has 1 amide bonds. The summed E-state index contributed by atoms with van der Waals surface area (Å²) >= 11 is 12.0. The summed E-state index contributed by atoms with van der Waals surface area (Å²) in [6, 6.07) is 13.4. The molecule has 0 aliphatic rings. The third-order valence-electron chi connectivity index (χ3n) is 4.04. The molecule has 0 spiro atoms. The average Bonchev–Trinajstić information content (AvgIpc) is 2.83. The van der Waals surface area contributed by atoms with Crippen LogP contribution in [0.15, 0.2) is 42.5 Å². The lowest BCUT2D eigenvalue weighted by Gasteiger charge is -2.06. The molecule has 0 bridgehead atoms. The number of aromatic amines is 1. The predicted molar refractivity (Wildman–Crippen MR) is 99.9 cm³/mol. The van der Waals surface area contributed by atoms with Crippen LogP contribution in [0.3, 0.4) is 0 Å². The van der Waals surface area contributed by atoms with Gasteiger partial charge in [-0.2, -0.15) is 0 Å². The Hall–Kier alpha value is -1.97. The van der Waals surface area contributed by atoms with Crippen molar-refractivity contribution in [2.45, 2.75) is 19.8 Å². The number of aromatic nitrogens is 1. The van der Waals surface area contributed by atoms with Gasteiger partial charge in [-0.3, -0.25) is 4.79 Å². The molecule has 0 radical (unpaired) electrons. The summed E-state index contributed by atoms with van der Waals surface area (Å²) in [6.07, 6.45) is 1.09. The maximum atomic E-state index is 12.3. The van der Waals surface area contributed by atoms with E-state index in [1.165, 1.54) is 0 Å². The number of hydrogen-bond acceptors (Lipinski definition) is 1. The maximum Gasteiger partial charge on any atom is 0.224 e. The Labute approximate surface area is 151 Å². The molecule has 0 unspecified atom stereocenters. The number of aryl methyl sites for hydroxylation is 1. The van der Waals surface area contributed by atoms with E-state index in [0.29, 0.717) is 23.0 Å². The van der Waals surface area contributed by atoms with Crippen molar-refractivity contribution >= 4 is 40.0 Å². The molecule has 0 saturated carbocycles. The van der Waals surface area contributed by atoms with Crippen LogP contribution in [-0.2, 0) is 17.6 Å². The van der Waals surface area contributed by atoms with Crippen molar-refractivity contribution in [2.75, 3.05) is 6.54 Å². The zero-order chi connectivity index (χ0) is 17.1. The van der Waals surface area contributed by atoms with Gasteiger partial charge in [-0.25, -0.2) is 0 Å². The number of carbonyl (C=O) groups is 1. The molecule has 3 aromatic rings. The second-order valence-corrected chi connectivity index (χ2v) is 6.70. The van der Waals surface area contributed by atoms with E-state index in [-0.39, 0.29) is 5.91 Å². The van der Waals surface area contributed by atoms with Gasteiger partial charge in [-0.05, 0) is 54.8 Å². The lowest BCUT2D eigenvalue weighted by Crippen LogP contribution is -2.27. The van der Waals surface area contributed by atoms with Gasteiger partial charge >= 0.3 is 0 Å². The molecule has 5 heteroatoms. The first-order valence-corrected chi connectivity index (χ1v) is 8.56. The van der Waals surface area contributed by atoms with Crippen LogP contribution >= 0.6 is 23.2 Å². The third kappa shape index (κ3) is 3.92.